The van der Waals surface area contributed by atoms with Gasteiger partial charge in [-0.25, -0.2) is 19.9 Å². The molecule has 2 heterocycles. The quantitative estimate of drug-likeness (QED) is 0.803. The van der Waals surface area contributed by atoms with Crippen molar-refractivity contribution in [1.82, 2.24) is 24.7 Å². The van der Waals surface area contributed by atoms with Gasteiger partial charge < -0.3 is 5.32 Å². The number of nitrogens with zero attached hydrogens (tertiary/aromatic N) is 4. The molecule has 19 heavy (non-hydrogen) atoms. The Morgan fingerprint density at radius 3 is 3.05 bits per heavy atom. The summed E-state index contributed by atoms with van der Waals surface area (Å²) < 4.78 is 2.35. The van der Waals surface area contributed by atoms with Crippen molar-refractivity contribution in [2.45, 2.75) is 30.1 Å². The van der Waals surface area contributed by atoms with Crippen LogP contribution in [-0.4, -0.2) is 31.8 Å². The van der Waals surface area contributed by atoms with E-state index in [-0.39, 0.29) is 5.69 Å². The van der Waals surface area contributed by atoms with E-state index in [1.807, 2.05) is 6.92 Å². The summed E-state index contributed by atoms with van der Waals surface area (Å²) in [4.78, 5) is 20.0. The van der Waals surface area contributed by atoms with Crippen LogP contribution in [0, 0.1) is 0 Å². The van der Waals surface area contributed by atoms with Crippen molar-refractivity contribution < 1.29 is 0 Å². The van der Waals surface area contributed by atoms with Crippen molar-refractivity contribution in [3.05, 3.63) is 21.2 Å². The standard InChI is InChI=1S/C10H13BrN6OS/c1-3-4-17-9(18)15-16-10(17)19-7-6(11)5-13-8(12-2)14-7/h5H,3-4H2,1-2H3,(H,15,18)(H,12,13,14). The summed E-state index contributed by atoms with van der Waals surface area (Å²) in [7, 11) is 1.75. The van der Waals surface area contributed by atoms with Gasteiger partial charge in [-0.15, -0.1) is 5.10 Å². The van der Waals surface area contributed by atoms with E-state index in [0.717, 1.165) is 10.9 Å². The third kappa shape index (κ3) is 3.16. The van der Waals surface area contributed by atoms with Gasteiger partial charge in [0.2, 0.25) is 5.95 Å². The van der Waals surface area contributed by atoms with Gasteiger partial charge in [0.05, 0.1) is 4.47 Å². The zero-order valence-electron chi connectivity index (χ0n) is 10.5. The monoisotopic (exact) mass is 344 g/mol. The van der Waals surface area contributed by atoms with E-state index in [0.29, 0.717) is 22.7 Å². The normalized spacial score (nSPS) is 10.7. The van der Waals surface area contributed by atoms with E-state index in [1.165, 1.54) is 11.8 Å². The molecule has 2 rings (SSSR count). The molecule has 2 aromatic rings. The topological polar surface area (TPSA) is 88.5 Å². The minimum atomic E-state index is -0.205. The van der Waals surface area contributed by atoms with Gasteiger partial charge in [-0.2, -0.15) is 0 Å². The van der Waals surface area contributed by atoms with Crippen LogP contribution in [0.25, 0.3) is 0 Å². The summed E-state index contributed by atoms with van der Waals surface area (Å²) in [6.07, 6.45) is 2.52. The third-order valence-corrected chi connectivity index (χ3v) is 4.14. The maximum absolute atomic E-state index is 11.6. The first kappa shape index (κ1) is 14.1. The summed E-state index contributed by atoms with van der Waals surface area (Å²) >= 11 is 4.70. The predicted molar refractivity (Wildman–Crippen MR) is 76.5 cm³/mol. The first-order chi connectivity index (χ1) is 9.15. The van der Waals surface area contributed by atoms with Gasteiger partial charge in [-0.05, 0) is 34.1 Å². The molecule has 0 saturated heterocycles. The number of aromatic amines is 1. The molecule has 2 aromatic heterocycles. The van der Waals surface area contributed by atoms with E-state index in [9.17, 15) is 4.79 Å². The summed E-state index contributed by atoms with van der Waals surface area (Å²) in [5, 5.41) is 10.6. The highest BCUT2D eigenvalue weighted by Crippen LogP contribution is 2.30. The maximum atomic E-state index is 11.6. The average molecular weight is 345 g/mol. The van der Waals surface area contributed by atoms with E-state index in [1.54, 1.807) is 17.8 Å². The molecule has 0 aliphatic carbocycles. The minimum absolute atomic E-state index is 0.205. The summed E-state index contributed by atoms with van der Waals surface area (Å²) in [5.74, 6) is 0.519. The Balaban J connectivity index is 2.33. The molecule has 0 aliphatic rings. The number of rotatable bonds is 5. The highest BCUT2D eigenvalue weighted by molar-refractivity contribution is 9.10. The Morgan fingerprint density at radius 1 is 1.58 bits per heavy atom. The molecule has 0 fully saturated rings. The van der Waals surface area contributed by atoms with Crippen LogP contribution in [0.2, 0.25) is 0 Å². The molecule has 0 unspecified atom stereocenters. The Hall–Kier alpha value is -1.35. The molecular weight excluding hydrogens is 332 g/mol. The molecule has 0 atom stereocenters. The molecule has 0 saturated carbocycles. The Morgan fingerprint density at radius 2 is 2.37 bits per heavy atom. The largest absolute Gasteiger partial charge is 0.357 e. The summed E-state index contributed by atoms with van der Waals surface area (Å²) in [6, 6.07) is 0. The van der Waals surface area contributed by atoms with E-state index in [4.69, 9.17) is 0 Å². The molecular formula is C10H13BrN6OS. The number of nitrogens with one attached hydrogen (secondary N) is 2. The summed E-state index contributed by atoms with van der Waals surface area (Å²) in [5.41, 5.74) is -0.205. The smallest absolute Gasteiger partial charge is 0.343 e. The number of hydrogen-bond donors (Lipinski definition) is 2. The van der Waals surface area contributed by atoms with Crippen LogP contribution in [0.1, 0.15) is 13.3 Å². The van der Waals surface area contributed by atoms with Gasteiger partial charge in [-0.1, -0.05) is 6.92 Å². The number of aromatic nitrogens is 5. The maximum Gasteiger partial charge on any atom is 0.343 e. The molecule has 0 bridgehead atoms. The second-order valence-corrected chi connectivity index (χ2v) is 5.47. The van der Waals surface area contributed by atoms with Crippen LogP contribution < -0.4 is 11.0 Å². The van der Waals surface area contributed by atoms with Crippen LogP contribution in [-0.2, 0) is 6.54 Å². The van der Waals surface area contributed by atoms with Crippen LogP contribution >= 0.6 is 27.7 Å². The Kier molecular flexibility index (Phi) is 4.59. The lowest BCUT2D eigenvalue weighted by molar-refractivity contribution is 0.603. The fourth-order valence-electron chi connectivity index (χ4n) is 1.43. The van der Waals surface area contributed by atoms with Crippen molar-refractivity contribution in [2.75, 3.05) is 12.4 Å². The summed E-state index contributed by atoms with van der Waals surface area (Å²) in [6.45, 7) is 2.63. The van der Waals surface area contributed by atoms with E-state index >= 15 is 0 Å². The lowest BCUT2D eigenvalue weighted by Gasteiger charge is -2.06. The first-order valence-corrected chi connectivity index (χ1v) is 7.30. The van der Waals surface area contributed by atoms with Gasteiger partial charge in [0, 0.05) is 19.8 Å². The highest BCUT2D eigenvalue weighted by Gasteiger charge is 2.13. The molecule has 0 spiro atoms. The van der Waals surface area contributed by atoms with Crippen LogP contribution in [0.4, 0.5) is 5.95 Å². The number of H-pyrrole nitrogens is 1. The number of anilines is 1. The number of halogens is 1. The van der Waals surface area contributed by atoms with E-state index in [2.05, 4.69) is 41.4 Å². The van der Waals surface area contributed by atoms with Crippen molar-refractivity contribution >= 4 is 33.6 Å². The fourth-order valence-corrected chi connectivity index (χ4v) is 2.70. The first-order valence-electron chi connectivity index (χ1n) is 5.69. The van der Waals surface area contributed by atoms with Crippen molar-refractivity contribution in [1.29, 1.82) is 0 Å². The molecule has 9 heteroatoms. The molecule has 0 radical (unpaired) electrons. The molecule has 0 aromatic carbocycles. The van der Waals surface area contributed by atoms with Crippen LogP contribution in [0.3, 0.4) is 0 Å². The van der Waals surface area contributed by atoms with Gasteiger partial charge in [-0.3, -0.25) is 4.57 Å². The molecule has 7 nitrogen and oxygen atoms in total. The molecule has 102 valence electrons. The van der Waals surface area contributed by atoms with Crippen molar-refractivity contribution in [2.24, 2.45) is 0 Å². The van der Waals surface area contributed by atoms with Crippen LogP contribution in [0.15, 0.2) is 25.6 Å². The SMILES string of the molecule is CCCn1c(Sc2nc(NC)ncc2Br)n[nH]c1=O. The minimum Gasteiger partial charge on any atom is -0.357 e. The fraction of sp³-hybridized carbons (Fsp3) is 0.400. The van der Waals surface area contributed by atoms with Gasteiger partial charge in [0.25, 0.3) is 0 Å². The zero-order chi connectivity index (χ0) is 13.8. The van der Waals surface area contributed by atoms with Gasteiger partial charge in [0.15, 0.2) is 5.16 Å². The second kappa shape index (κ2) is 6.20. The third-order valence-electron chi connectivity index (χ3n) is 2.29. The van der Waals surface area contributed by atoms with Gasteiger partial charge >= 0.3 is 5.69 Å². The zero-order valence-corrected chi connectivity index (χ0v) is 12.9. The second-order valence-electron chi connectivity index (χ2n) is 3.66. The van der Waals surface area contributed by atoms with E-state index < -0.39 is 0 Å². The molecule has 0 amide bonds. The molecule has 2 N–H and O–H groups in total. The van der Waals surface area contributed by atoms with Crippen molar-refractivity contribution in [3.63, 3.8) is 0 Å². The van der Waals surface area contributed by atoms with Gasteiger partial charge in [0.1, 0.15) is 5.03 Å². The lowest BCUT2D eigenvalue weighted by Crippen LogP contribution is -2.17. The Labute approximate surface area is 122 Å². The Bertz CT molecular complexity index is 625. The molecule has 0 aliphatic heterocycles. The predicted octanol–water partition coefficient (Wildman–Crippen LogP) is 1.73. The average Bonchev–Trinajstić information content (AvgIpc) is 2.74. The lowest BCUT2D eigenvalue weighted by atomic mass is 10.5. The van der Waals surface area contributed by atoms with Crippen molar-refractivity contribution in [3.8, 4) is 0 Å². The highest BCUT2D eigenvalue weighted by atomic mass is 79.9. The number of hydrogen-bond acceptors (Lipinski definition) is 6. The van der Waals surface area contributed by atoms with Crippen LogP contribution in [0.5, 0.6) is 0 Å².